The molecule has 1 aliphatic heterocycles. The maximum atomic E-state index is 14.1. The van der Waals surface area contributed by atoms with Gasteiger partial charge in [-0.25, -0.2) is 4.39 Å². The highest BCUT2D eigenvalue weighted by molar-refractivity contribution is 6.30. The van der Waals surface area contributed by atoms with Crippen LogP contribution in [0.15, 0.2) is 30.6 Å². The molecule has 1 atom stereocenters. The van der Waals surface area contributed by atoms with Gasteiger partial charge >= 0.3 is 0 Å². The lowest BCUT2D eigenvalue weighted by Gasteiger charge is -2.30. The predicted octanol–water partition coefficient (Wildman–Crippen LogP) is 3.00. The van der Waals surface area contributed by atoms with Crippen LogP contribution < -0.4 is 4.90 Å². The number of rotatable bonds is 3. The van der Waals surface area contributed by atoms with Crippen LogP contribution in [0.3, 0.4) is 0 Å². The molecule has 1 amide bonds. The molecule has 0 spiro atoms. The number of aromatic nitrogens is 1. The van der Waals surface area contributed by atoms with E-state index < -0.39 is 11.9 Å². The van der Waals surface area contributed by atoms with Crippen molar-refractivity contribution in [1.29, 1.82) is 0 Å². The zero-order valence-corrected chi connectivity index (χ0v) is 13.3. The normalized spacial score (nSPS) is 15.5. The number of aliphatic hydroxyl groups is 1. The van der Waals surface area contributed by atoms with E-state index in [4.69, 9.17) is 11.6 Å². The Morgan fingerprint density at radius 1 is 1.43 bits per heavy atom. The minimum Gasteiger partial charge on any atom is -0.393 e. The van der Waals surface area contributed by atoms with E-state index in [-0.39, 0.29) is 12.3 Å². The van der Waals surface area contributed by atoms with Crippen LogP contribution in [-0.2, 0) is 12.8 Å². The minimum atomic E-state index is -0.711. The molecule has 4 nitrogen and oxygen atoms in total. The number of halogens is 2. The Hall–Kier alpha value is -1.98. The summed E-state index contributed by atoms with van der Waals surface area (Å²) in [6.45, 7) is 2.00. The van der Waals surface area contributed by atoms with Crippen molar-refractivity contribution >= 4 is 23.2 Å². The SMILES string of the molecule is CC(O)Cc1c(F)cncc1N1CCc2cc(Cl)ccc2C1=O. The van der Waals surface area contributed by atoms with Gasteiger partial charge in [-0.15, -0.1) is 0 Å². The molecular weight excluding hydrogens is 319 g/mol. The van der Waals surface area contributed by atoms with Gasteiger partial charge in [0.1, 0.15) is 5.82 Å². The number of hydrogen-bond donors (Lipinski definition) is 1. The molecule has 1 aliphatic rings. The number of aliphatic hydroxyl groups excluding tert-OH is 1. The fraction of sp³-hybridized carbons (Fsp3) is 0.294. The highest BCUT2D eigenvalue weighted by atomic mass is 35.5. The lowest BCUT2D eigenvalue weighted by atomic mass is 9.97. The number of benzene rings is 1. The van der Waals surface area contributed by atoms with Crippen molar-refractivity contribution in [3.63, 3.8) is 0 Å². The number of hydrogen-bond acceptors (Lipinski definition) is 3. The third kappa shape index (κ3) is 3.07. The third-order valence-electron chi connectivity index (χ3n) is 3.92. The zero-order valence-electron chi connectivity index (χ0n) is 12.6. The molecule has 0 radical (unpaired) electrons. The lowest BCUT2D eigenvalue weighted by molar-refractivity contribution is 0.0980. The molecule has 1 N–H and O–H groups in total. The van der Waals surface area contributed by atoms with Gasteiger partial charge in [0.05, 0.1) is 24.2 Å². The minimum absolute atomic E-state index is 0.126. The molecule has 1 aromatic carbocycles. The molecule has 120 valence electrons. The fourth-order valence-corrected chi connectivity index (χ4v) is 3.06. The maximum absolute atomic E-state index is 14.1. The Balaban J connectivity index is 2.02. The molecule has 0 saturated carbocycles. The molecule has 23 heavy (non-hydrogen) atoms. The summed E-state index contributed by atoms with van der Waals surface area (Å²) in [5.41, 5.74) is 2.17. The molecule has 0 aliphatic carbocycles. The Morgan fingerprint density at radius 3 is 2.96 bits per heavy atom. The van der Waals surface area contributed by atoms with E-state index in [9.17, 15) is 14.3 Å². The zero-order chi connectivity index (χ0) is 16.6. The van der Waals surface area contributed by atoms with Gasteiger partial charge < -0.3 is 10.0 Å². The van der Waals surface area contributed by atoms with Crippen LogP contribution in [0.1, 0.15) is 28.4 Å². The van der Waals surface area contributed by atoms with Gasteiger partial charge in [0.2, 0.25) is 0 Å². The average molecular weight is 335 g/mol. The molecule has 0 fully saturated rings. The summed E-state index contributed by atoms with van der Waals surface area (Å²) >= 11 is 5.97. The van der Waals surface area contributed by atoms with Crippen molar-refractivity contribution < 1.29 is 14.3 Å². The Kier molecular flexibility index (Phi) is 4.33. The summed E-state index contributed by atoms with van der Waals surface area (Å²) < 4.78 is 14.1. The van der Waals surface area contributed by atoms with E-state index in [0.717, 1.165) is 11.8 Å². The van der Waals surface area contributed by atoms with E-state index >= 15 is 0 Å². The lowest BCUT2D eigenvalue weighted by Crippen LogP contribution is -2.38. The van der Waals surface area contributed by atoms with E-state index in [1.54, 1.807) is 25.1 Å². The average Bonchev–Trinajstić information content (AvgIpc) is 2.49. The first-order chi connectivity index (χ1) is 11.0. The van der Waals surface area contributed by atoms with Crippen LogP contribution in [0.2, 0.25) is 5.02 Å². The molecule has 1 unspecified atom stereocenters. The molecule has 3 rings (SSSR count). The molecule has 6 heteroatoms. The van der Waals surface area contributed by atoms with Crippen LogP contribution in [0, 0.1) is 5.82 Å². The number of amides is 1. The van der Waals surface area contributed by atoms with Crippen LogP contribution >= 0.6 is 11.6 Å². The first kappa shape index (κ1) is 15.9. The number of pyridine rings is 1. The van der Waals surface area contributed by atoms with Crippen LogP contribution in [0.4, 0.5) is 10.1 Å². The number of nitrogens with zero attached hydrogens (tertiary/aromatic N) is 2. The first-order valence-electron chi connectivity index (χ1n) is 7.38. The van der Waals surface area contributed by atoms with Crippen molar-refractivity contribution in [1.82, 2.24) is 4.98 Å². The standard InChI is InChI=1S/C17H16ClFN2O2/c1-10(22)6-14-15(19)8-20-9-16(14)21-5-4-11-7-12(18)2-3-13(11)17(21)23/h2-3,7-10,22H,4-6H2,1H3. The van der Waals surface area contributed by atoms with Crippen LogP contribution in [0.5, 0.6) is 0 Å². The van der Waals surface area contributed by atoms with Crippen molar-refractivity contribution in [2.75, 3.05) is 11.4 Å². The number of fused-ring (bicyclic) bond motifs is 1. The third-order valence-corrected chi connectivity index (χ3v) is 4.16. The second kappa shape index (κ2) is 6.26. The molecular formula is C17H16ClFN2O2. The van der Waals surface area contributed by atoms with Crippen molar-refractivity contribution in [2.45, 2.75) is 25.9 Å². The van der Waals surface area contributed by atoms with Crippen molar-refractivity contribution in [3.8, 4) is 0 Å². The summed E-state index contributed by atoms with van der Waals surface area (Å²) in [6.07, 6.45) is 2.62. The Morgan fingerprint density at radius 2 is 2.22 bits per heavy atom. The molecule has 0 bridgehead atoms. The topological polar surface area (TPSA) is 53.4 Å². The van der Waals surface area contributed by atoms with Gasteiger partial charge in [-0.1, -0.05) is 11.6 Å². The second-order valence-electron chi connectivity index (χ2n) is 5.68. The number of carbonyl (C=O) groups is 1. The summed E-state index contributed by atoms with van der Waals surface area (Å²) in [5.74, 6) is -0.722. The van der Waals surface area contributed by atoms with E-state index in [1.807, 2.05) is 0 Å². The Bertz CT molecular complexity index is 764. The van der Waals surface area contributed by atoms with Crippen molar-refractivity contribution in [3.05, 3.63) is 58.1 Å². The fourth-order valence-electron chi connectivity index (χ4n) is 2.87. The predicted molar refractivity (Wildman–Crippen MR) is 86.4 cm³/mol. The molecule has 2 aromatic rings. The summed E-state index contributed by atoms with van der Waals surface area (Å²) in [4.78, 5) is 18.1. The van der Waals surface area contributed by atoms with Gasteiger partial charge in [-0.3, -0.25) is 9.78 Å². The summed E-state index contributed by atoms with van der Waals surface area (Å²) in [6, 6.07) is 5.14. The van der Waals surface area contributed by atoms with Crippen LogP contribution in [0.25, 0.3) is 0 Å². The second-order valence-corrected chi connectivity index (χ2v) is 6.12. The Labute approximate surface area is 138 Å². The van der Waals surface area contributed by atoms with Crippen LogP contribution in [-0.4, -0.2) is 28.6 Å². The highest BCUT2D eigenvalue weighted by Gasteiger charge is 2.28. The molecule has 0 saturated heterocycles. The van der Waals surface area contributed by atoms with Gasteiger partial charge in [0.15, 0.2) is 0 Å². The van der Waals surface area contributed by atoms with E-state index in [2.05, 4.69) is 4.98 Å². The summed E-state index contributed by atoms with van der Waals surface area (Å²) in [7, 11) is 0. The monoisotopic (exact) mass is 334 g/mol. The van der Waals surface area contributed by atoms with Gasteiger partial charge in [-0.2, -0.15) is 0 Å². The van der Waals surface area contributed by atoms with Gasteiger partial charge in [0, 0.05) is 29.1 Å². The van der Waals surface area contributed by atoms with E-state index in [0.29, 0.717) is 34.8 Å². The molecule has 1 aromatic heterocycles. The largest absolute Gasteiger partial charge is 0.393 e. The van der Waals surface area contributed by atoms with E-state index in [1.165, 1.54) is 11.1 Å². The van der Waals surface area contributed by atoms with Crippen molar-refractivity contribution in [2.24, 2.45) is 0 Å². The highest BCUT2D eigenvalue weighted by Crippen LogP contribution is 2.30. The maximum Gasteiger partial charge on any atom is 0.258 e. The number of anilines is 1. The quantitative estimate of drug-likeness (QED) is 0.938. The number of carbonyl (C=O) groups excluding carboxylic acids is 1. The smallest absolute Gasteiger partial charge is 0.258 e. The van der Waals surface area contributed by atoms with Gasteiger partial charge in [0.25, 0.3) is 5.91 Å². The first-order valence-corrected chi connectivity index (χ1v) is 7.76. The molecule has 2 heterocycles. The summed E-state index contributed by atoms with van der Waals surface area (Å²) in [5, 5.41) is 10.2. The van der Waals surface area contributed by atoms with Gasteiger partial charge in [-0.05, 0) is 37.1 Å².